The Bertz CT molecular complexity index is 185. The van der Waals surface area contributed by atoms with Crippen LogP contribution >= 0.6 is 0 Å². The molecule has 0 bridgehead atoms. The van der Waals surface area contributed by atoms with Gasteiger partial charge in [0.25, 0.3) is 0 Å². The molecule has 0 amide bonds. The van der Waals surface area contributed by atoms with E-state index in [1.807, 2.05) is 0 Å². The number of unbranched alkanes of at least 4 members (excludes halogenated alkanes) is 1. The number of hydrogen-bond acceptors (Lipinski definition) is 3. The Balaban J connectivity index is 0. The van der Waals surface area contributed by atoms with Gasteiger partial charge in [-0.1, -0.05) is 26.8 Å². The summed E-state index contributed by atoms with van der Waals surface area (Å²) >= 11 is 0. The molecule has 0 unspecified atom stereocenters. The van der Waals surface area contributed by atoms with Crippen LogP contribution in [0.4, 0.5) is 0 Å². The first-order valence-corrected chi connectivity index (χ1v) is 4.97. The van der Waals surface area contributed by atoms with Gasteiger partial charge in [-0.25, -0.2) is 0 Å². The van der Waals surface area contributed by atoms with Crippen molar-refractivity contribution in [2.24, 2.45) is 11.1 Å². The maximum Gasteiger partial charge on any atom is 0.321 e. The van der Waals surface area contributed by atoms with Crippen LogP contribution in [0.3, 0.4) is 0 Å². The molecule has 90 valence electrons. The van der Waals surface area contributed by atoms with Gasteiger partial charge in [-0.2, -0.15) is 0 Å². The SMILES string of the molecule is C=CCCCO.CC(C)(C)[C@H](N)C(=O)O. The molecular formula is C11H23NO3. The molecule has 0 saturated carbocycles. The molecule has 0 aromatic rings. The second kappa shape index (κ2) is 8.44. The number of rotatable bonds is 4. The summed E-state index contributed by atoms with van der Waals surface area (Å²) in [6, 6.07) is -0.766. The van der Waals surface area contributed by atoms with Crippen molar-refractivity contribution in [1.29, 1.82) is 0 Å². The molecule has 4 heteroatoms. The van der Waals surface area contributed by atoms with Crippen LogP contribution in [0.25, 0.3) is 0 Å². The van der Waals surface area contributed by atoms with Gasteiger partial charge in [0.15, 0.2) is 0 Å². The molecule has 0 heterocycles. The van der Waals surface area contributed by atoms with Crippen LogP contribution in [0.1, 0.15) is 33.6 Å². The van der Waals surface area contributed by atoms with Crippen molar-refractivity contribution in [3.63, 3.8) is 0 Å². The first-order valence-electron chi connectivity index (χ1n) is 4.97. The van der Waals surface area contributed by atoms with Crippen LogP contribution in [-0.2, 0) is 4.79 Å². The van der Waals surface area contributed by atoms with E-state index < -0.39 is 12.0 Å². The summed E-state index contributed by atoms with van der Waals surface area (Å²) in [6.45, 7) is 9.16. The number of carbonyl (C=O) groups is 1. The lowest BCUT2D eigenvalue weighted by atomic mass is 9.88. The summed E-state index contributed by atoms with van der Waals surface area (Å²) in [7, 11) is 0. The highest BCUT2D eigenvalue weighted by molar-refractivity contribution is 5.74. The molecular weight excluding hydrogens is 194 g/mol. The largest absolute Gasteiger partial charge is 0.480 e. The molecule has 0 aliphatic heterocycles. The van der Waals surface area contributed by atoms with E-state index in [-0.39, 0.29) is 12.0 Å². The van der Waals surface area contributed by atoms with Gasteiger partial charge in [0.1, 0.15) is 6.04 Å². The third kappa shape index (κ3) is 11.1. The number of carboxylic acids is 1. The Kier molecular flexibility index (Phi) is 9.31. The summed E-state index contributed by atoms with van der Waals surface area (Å²) in [4.78, 5) is 10.2. The molecule has 0 aliphatic rings. The quantitative estimate of drug-likeness (QED) is 0.491. The highest BCUT2D eigenvalue weighted by Crippen LogP contribution is 2.16. The van der Waals surface area contributed by atoms with Crippen molar-refractivity contribution in [3.05, 3.63) is 12.7 Å². The summed E-state index contributed by atoms with van der Waals surface area (Å²) in [5.74, 6) is -0.942. The predicted octanol–water partition coefficient (Wildman–Crippen LogP) is 1.39. The molecule has 4 N–H and O–H groups in total. The minimum atomic E-state index is -0.942. The number of hydrogen-bond donors (Lipinski definition) is 3. The average Bonchev–Trinajstić information content (AvgIpc) is 2.13. The summed E-state index contributed by atoms with van der Waals surface area (Å²) in [5, 5.41) is 16.5. The van der Waals surface area contributed by atoms with Gasteiger partial charge in [0.05, 0.1) is 0 Å². The Morgan fingerprint density at radius 1 is 1.53 bits per heavy atom. The molecule has 4 nitrogen and oxygen atoms in total. The number of aliphatic hydroxyl groups is 1. The van der Waals surface area contributed by atoms with E-state index in [1.54, 1.807) is 26.8 Å². The van der Waals surface area contributed by atoms with Crippen LogP contribution in [0.15, 0.2) is 12.7 Å². The van der Waals surface area contributed by atoms with Gasteiger partial charge in [0, 0.05) is 6.61 Å². The van der Waals surface area contributed by atoms with Gasteiger partial charge in [0.2, 0.25) is 0 Å². The zero-order valence-corrected chi connectivity index (χ0v) is 9.86. The molecule has 0 aliphatic carbocycles. The van der Waals surface area contributed by atoms with Gasteiger partial charge in [-0.05, 0) is 18.3 Å². The fourth-order valence-electron chi connectivity index (χ4n) is 0.606. The summed E-state index contributed by atoms with van der Waals surface area (Å²) < 4.78 is 0. The Morgan fingerprint density at radius 3 is 2.07 bits per heavy atom. The van der Waals surface area contributed by atoms with E-state index in [1.165, 1.54) is 0 Å². The van der Waals surface area contributed by atoms with Crippen molar-refractivity contribution < 1.29 is 15.0 Å². The second-order valence-corrected chi connectivity index (χ2v) is 4.34. The third-order valence-corrected chi connectivity index (χ3v) is 1.77. The first-order chi connectivity index (χ1) is 6.77. The van der Waals surface area contributed by atoms with Gasteiger partial charge in [-0.15, -0.1) is 6.58 Å². The number of aliphatic hydroxyl groups excluding tert-OH is 1. The minimum Gasteiger partial charge on any atom is -0.480 e. The maximum atomic E-state index is 10.2. The zero-order valence-electron chi connectivity index (χ0n) is 9.86. The van der Waals surface area contributed by atoms with E-state index in [9.17, 15) is 4.79 Å². The monoisotopic (exact) mass is 217 g/mol. The molecule has 0 rings (SSSR count). The van der Waals surface area contributed by atoms with Crippen LogP contribution < -0.4 is 5.73 Å². The Hall–Kier alpha value is -0.870. The smallest absolute Gasteiger partial charge is 0.321 e. The first kappa shape index (κ1) is 16.6. The van der Waals surface area contributed by atoms with Crippen molar-refractivity contribution in [3.8, 4) is 0 Å². The van der Waals surface area contributed by atoms with E-state index in [0.29, 0.717) is 0 Å². The number of aliphatic carboxylic acids is 1. The predicted molar refractivity (Wildman–Crippen MR) is 61.6 cm³/mol. The highest BCUT2D eigenvalue weighted by Gasteiger charge is 2.26. The van der Waals surface area contributed by atoms with Crippen LogP contribution in [0.2, 0.25) is 0 Å². The number of carboxylic acid groups (broad SMARTS) is 1. The van der Waals surface area contributed by atoms with Gasteiger partial charge < -0.3 is 15.9 Å². The highest BCUT2D eigenvalue weighted by atomic mass is 16.4. The molecule has 0 fully saturated rings. The van der Waals surface area contributed by atoms with Crippen LogP contribution in [0, 0.1) is 5.41 Å². The molecule has 0 aromatic heterocycles. The molecule has 0 radical (unpaired) electrons. The van der Waals surface area contributed by atoms with Crippen molar-refractivity contribution in [2.45, 2.75) is 39.7 Å². The lowest BCUT2D eigenvalue weighted by Crippen LogP contribution is -2.41. The van der Waals surface area contributed by atoms with Gasteiger partial charge in [-0.3, -0.25) is 4.79 Å². The maximum absolute atomic E-state index is 10.2. The minimum absolute atomic E-state index is 0.284. The van der Waals surface area contributed by atoms with Crippen LogP contribution in [0.5, 0.6) is 0 Å². The van der Waals surface area contributed by atoms with E-state index in [2.05, 4.69) is 6.58 Å². The van der Waals surface area contributed by atoms with Crippen molar-refractivity contribution >= 4 is 5.97 Å². The van der Waals surface area contributed by atoms with Crippen molar-refractivity contribution in [2.75, 3.05) is 6.61 Å². The molecule has 15 heavy (non-hydrogen) atoms. The lowest BCUT2D eigenvalue weighted by Gasteiger charge is -2.22. The summed E-state index contributed by atoms with van der Waals surface area (Å²) in [5.41, 5.74) is 4.95. The van der Waals surface area contributed by atoms with E-state index in [4.69, 9.17) is 15.9 Å². The lowest BCUT2D eigenvalue weighted by molar-refractivity contribution is -0.141. The number of nitrogens with two attached hydrogens (primary N) is 1. The van der Waals surface area contributed by atoms with E-state index >= 15 is 0 Å². The molecule has 0 spiro atoms. The van der Waals surface area contributed by atoms with E-state index in [0.717, 1.165) is 12.8 Å². The Labute approximate surface area is 91.8 Å². The third-order valence-electron chi connectivity index (χ3n) is 1.77. The van der Waals surface area contributed by atoms with Gasteiger partial charge >= 0.3 is 5.97 Å². The molecule has 1 atom stereocenters. The zero-order chi connectivity index (χ0) is 12.5. The molecule has 0 saturated heterocycles. The average molecular weight is 217 g/mol. The summed E-state index contributed by atoms with van der Waals surface area (Å²) in [6.07, 6.45) is 3.58. The Morgan fingerprint density at radius 2 is 2.00 bits per heavy atom. The fourth-order valence-corrected chi connectivity index (χ4v) is 0.606. The fraction of sp³-hybridized carbons (Fsp3) is 0.727. The normalized spacial score (nSPS) is 12.3. The number of allylic oxidation sites excluding steroid dienone is 1. The second-order valence-electron chi connectivity index (χ2n) is 4.34. The topological polar surface area (TPSA) is 83.5 Å². The van der Waals surface area contributed by atoms with Crippen molar-refractivity contribution in [1.82, 2.24) is 0 Å². The molecule has 0 aromatic carbocycles. The van der Waals surface area contributed by atoms with Crippen LogP contribution in [-0.4, -0.2) is 28.8 Å². The standard InChI is InChI=1S/C6H13NO2.C5H10O/c1-6(2,3)4(7)5(8)9;1-2-3-4-5-6/h4H,7H2,1-3H3,(H,8,9);2,6H,1,3-5H2/t4-;/m1./s1.